The van der Waals surface area contributed by atoms with Crippen molar-refractivity contribution in [3.8, 4) is 0 Å². The molecular weight excluding hydrogens is 210 g/mol. The van der Waals surface area contributed by atoms with Gasteiger partial charge in [-0.15, -0.1) is 0 Å². The van der Waals surface area contributed by atoms with E-state index in [-0.39, 0.29) is 37.6 Å². The lowest BCUT2D eigenvalue weighted by molar-refractivity contribution is -0.127. The first-order chi connectivity index (χ1) is 6.38. The van der Waals surface area contributed by atoms with Crippen molar-refractivity contribution < 1.29 is 22.9 Å². The summed E-state index contributed by atoms with van der Waals surface area (Å²) in [5, 5.41) is 9.10. The highest BCUT2D eigenvalue weighted by Gasteiger charge is 2.27. The number of likely N-dealkylation sites (tertiary alicyclic amines) is 1. The Hall–Kier alpha value is -0.660. The molecule has 1 fully saturated rings. The quantitative estimate of drug-likeness (QED) is 0.587. The third-order valence-electron chi connectivity index (χ3n) is 2.02. The van der Waals surface area contributed by atoms with Gasteiger partial charge in [-0.2, -0.15) is 8.42 Å². The normalized spacial score (nSPS) is 23.1. The number of β-amino-alcohol motifs (C(OH)–C–C–N with tert-alkyl or cyclic N) is 1. The van der Waals surface area contributed by atoms with Crippen LogP contribution in [-0.4, -0.2) is 53.8 Å². The Morgan fingerprint density at radius 1 is 1.50 bits per heavy atom. The molecule has 1 aliphatic heterocycles. The number of carbonyl (C=O) groups is 1. The van der Waals surface area contributed by atoms with Crippen LogP contribution in [0.15, 0.2) is 0 Å². The fourth-order valence-electron chi connectivity index (χ4n) is 1.41. The van der Waals surface area contributed by atoms with E-state index in [4.69, 9.17) is 9.66 Å². The first-order valence-electron chi connectivity index (χ1n) is 4.29. The fourth-order valence-corrected chi connectivity index (χ4v) is 1.90. The second kappa shape index (κ2) is 4.24. The lowest BCUT2D eigenvalue weighted by Crippen LogP contribution is -2.28. The van der Waals surface area contributed by atoms with Gasteiger partial charge < -0.3 is 10.0 Å². The van der Waals surface area contributed by atoms with Crippen LogP contribution in [0.1, 0.15) is 12.8 Å². The molecule has 7 heteroatoms. The van der Waals surface area contributed by atoms with Gasteiger partial charge in [-0.05, 0) is 6.42 Å². The van der Waals surface area contributed by atoms with Crippen LogP contribution in [0.2, 0.25) is 0 Å². The Morgan fingerprint density at radius 3 is 2.57 bits per heavy atom. The van der Waals surface area contributed by atoms with Gasteiger partial charge in [0.2, 0.25) is 5.91 Å². The molecule has 0 spiro atoms. The highest BCUT2D eigenvalue weighted by molar-refractivity contribution is 7.85. The molecule has 1 saturated heterocycles. The summed E-state index contributed by atoms with van der Waals surface area (Å²) in [5.41, 5.74) is 0. The Labute approximate surface area is 82.3 Å². The Balaban J connectivity index is 2.29. The maximum atomic E-state index is 11.1. The molecule has 1 heterocycles. The smallest absolute Gasteiger partial charge is 0.264 e. The molecule has 1 amide bonds. The van der Waals surface area contributed by atoms with E-state index in [1.54, 1.807) is 0 Å². The number of aliphatic hydroxyl groups is 1. The minimum Gasteiger partial charge on any atom is -0.391 e. The van der Waals surface area contributed by atoms with E-state index in [0.717, 1.165) is 0 Å². The van der Waals surface area contributed by atoms with Crippen LogP contribution in [0, 0.1) is 0 Å². The largest absolute Gasteiger partial charge is 0.391 e. The number of nitrogens with zero attached hydrogens (tertiary/aromatic N) is 1. The maximum absolute atomic E-state index is 11.1. The summed E-state index contributed by atoms with van der Waals surface area (Å²) < 4.78 is 29.1. The van der Waals surface area contributed by atoms with Gasteiger partial charge in [0.25, 0.3) is 10.1 Å². The van der Waals surface area contributed by atoms with Gasteiger partial charge in [-0.3, -0.25) is 9.35 Å². The van der Waals surface area contributed by atoms with Gasteiger partial charge in [-0.1, -0.05) is 0 Å². The lowest BCUT2D eigenvalue weighted by Gasteiger charge is -2.14. The topological polar surface area (TPSA) is 94.9 Å². The van der Waals surface area contributed by atoms with Crippen LogP contribution in [0.25, 0.3) is 0 Å². The zero-order valence-corrected chi connectivity index (χ0v) is 8.40. The summed E-state index contributed by atoms with van der Waals surface area (Å²) in [4.78, 5) is 12.5. The van der Waals surface area contributed by atoms with E-state index in [2.05, 4.69) is 0 Å². The molecule has 1 aliphatic rings. The standard InChI is InChI=1S/C7H13NO5S/c9-6-4-7(10)8(5-6)2-1-3-14(11,12)13/h6,9H,1-5H2,(H,11,12,13). The highest BCUT2D eigenvalue weighted by Crippen LogP contribution is 2.10. The van der Waals surface area contributed by atoms with E-state index >= 15 is 0 Å². The first-order valence-corrected chi connectivity index (χ1v) is 5.90. The molecule has 1 rings (SSSR count). The number of amides is 1. The summed E-state index contributed by atoms with van der Waals surface area (Å²) in [6.45, 7) is 0.514. The van der Waals surface area contributed by atoms with Crippen molar-refractivity contribution in [2.75, 3.05) is 18.8 Å². The Morgan fingerprint density at radius 2 is 2.14 bits per heavy atom. The third-order valence-corrected chi connectivity index (χ3v) is 2.83. The molecule has 1 atom stereocenters. The van der Waals surface area contributed by atoms with E-state index < -0.39 is 16.2 Å². The molecule has 6 nitrogen and oxygen atoms in total. The third kappa shape index (κ3) is 3.60. The minimum atomic E-state index is -3.95. The second-order valence-corrected chi connectivity index (χ2v) is 4.91. The van der Waals surface area contributed by atoms with Gasteiger partial charge in [0.15, 0.2) is 0 Å². The van der Waals surface area contributed by atoms with Crippen molar-refractivity contribution >= 4 is 16.0 Å². The molecular formula is C7H13NO5S. The number of rotatable bonds is 4. The van der Waals surface area contributed by atoms with E-state index in [1.807, 2.05) is 0 Å². The highest BCUT2D eigenvalue weighted by atomic mass is 32.2. The van der Waals surface area contributed by atoms with Crippen LogP contribution < -0.4 is 0 Å². The van der Waals surface area contributed by atoms with E-state index in [0.29, 0.717) is 0 Å². The number of aliphatic hydroxyl groups excluding tert-OH is 1. The fraction of sp³-hybridized carbons (Fsp3) is 0.857. The SMILES string of the molecule is O=C1CC(O)CN1CCCS(=O)(=O)O. The molecule has 82 valence electrons. The molecule has 2 N–H and O–H groups in total. The van der Waals surface area contributed by atoms with Gasteiger partial charge in [0.1, 0.15) is 0 Å². The Kier molecular flexibility index (Phi) is 3.46. The number of carbonyl (C=O) groups excluding carboxylic acids is 1. The van der Waals surface area contributed by atoms with Crippen molar-refractivity contribution in [2.24, 2.45) is 0 Å². The van der Waals surface area contributed by atoms with E-state index in [9.17, 15) is 13.2 Å². The molecule has 0 saturated carbocycles. The molecule has 14 heavy (non-hydrogen) atoms. The lowest BCUT2D eigenvalue weighted by atomic mass is 10.3. The molecule has 1 unspecified atom stereocenters. The zero-order valence-electron chi connectivity index (χ0n) is 7.59. The van der Waals surface area contributed by atoms with E-state index in [1.165, 1.54) is 4.90 Å². The van der Waals surface area contributed by atoms with Gasteiger partial charge in [0, 0.05) is 13.1 Å². The minimum absolute atomic E-state index is 0.103. The van der Waals surface area contributed by atoms with Crippen LogP contribution >= 0.6 is 0 Å². The van der Waals surface area contributed by atoms with Gasteiger partial charge >= 0.3 is 0 Å². The van der Waals surface area contributed by atoms with Crippen molar-refractivity contribution in [1.29, 1.82) is 0 Å². The predicted octanol–water partition coefficient (Wildman–Crippen LogP) is -1.14. The van der Waals surface area contributed by atoms with Crippen LogP contribution in [-0.2, 0) is 14.9 Å². The number of hydrogen-bond donors (Lipinski definition) is 2. The predicted molar refractivity (Wildman–Crippen MR) is 48.2 cm³/mol. The summed E-state index contributed by atoms with van der Waals surface area (Å²) in [5.74, 6) is -0.528. The average molecular weight is 223 g/mol. The summed E-state index contributed by atoms with van der Waals surface area (Å²) in [7, 11) is -3.95. The molecule has 0 radical (unpaired) electrons. The van der Waals surface area contributed by atoms with Crippen molar-refractivity contribution in [2.45, 2.75) is 18.9 Å². The monoisotopic (exact) mass is 223 g/mol. The van der Waals surface area contributed by atoms with Crippen LogP contribution in [0.5, 0.6) is 0 Å². The number of hydrogen-bond acceptors (Lipinski definition) is 4. The molecule has 0 aromatic rings. The molecule has 0 aromatic carbocycles. The van der Waals surface area contributed by atoms with Crippen LogP contribution in [0.4, 0.5) is 0 Å². The summed E-state index contributed by atoms with van der Waals surface area (Å²) >= 11 is 0. The van der Waals surface area contributed by atoms with Gasteiger partial charge in [0.05, 0.1) is 18.3 Å². The van der Waals surface area contributed by atoms with Crippen molar-refractivity contribution in [1.82, 2.24) is 4.90 Å². The maximum Gasteiger partial charge on any atom is 0.264 e. The second-order valence-electron chi connectivity index (χ2n) is 3.34. The van der Waals surface area contributed by atoms with Gasteiger partial charge in [-0.25, -0.2) is 0 Å². The summed E-state index contributed by atoms with van der Waals surface area (Å²) in [6.07, 6.45) is -0.350. The summed E-state index contributed by atoms with van der Waals surface area (Å²) in [6, 6.07) is 0. The Bertz CT molecular complexity index is 312. The molecule has 0 aromatic heterocycles. The first kappa shape index (κ1) is 11.4. The molecule has 0 aliphatic carbocycles. The van der Waals surface area contributed by atoms with Crippen molar-refractivity contribution in [3.05, 3.63) is 0 Å². The van der Waals surface area contributed by atoms with Crippen LogP contribution in [0.3, 0.4) is 0 Å². The average Bonchev–Trinajstić information content (AvgIpc) is 2.27. The zero-order chi connectivity index (χ0) is 10.8. The van der Waals surface area contributed by atoms with Crippen molar-refractivity contribution in [3.63, 3.8) is 0 Å². The molecule has 0 bridgehead atoms.